The van der Waals surface area contributed by atoms with Crippen LogP contribution in [0.1, 0.15) is 12.0 Å². The largest absolute Gasteiger partial charge is 0.328 e. The minimum atomic E-state index is 0.142. The Labute approximate surface area is 102 Å². The molecule has 0 aromatic carbocycles. The molecule has 15 heavy (non-hydrogen) atoms. The standard InChI is InChI=1S/C10H13BrN2OS/c1-12-3-2-4-13(10(12)14)6-8-5-9(11)15-7-8/h5,7H,2-4,6H2,1H3. The molecule has 0 aliphatic carbocycles. The average Bonchev–Trinajstić information content (AvgIpc) is 2.59. The van der Waals surface area contributed by atoms with Crippen LogP contribution in [0.25, 0.3) is 0 Å². The molecule has 1 aliphatic heterocycles. The maximum absolute atomic E-state index is 11.8. The van der Waals surface area contributed by atoms with Crippen LogP contribution in [-0.2, 0) is 6.54 Å². The Morgan fingerprint density at radius 1 is 1.53 bits per heavy atom. The van der Waals surface area contributed by atoms with Crippen molar-refractivity contribution in [2.75, 3.05) is 20.1 Å². The van der Waals surface area contributed by atoms with E-state index >= 15 is 0 Å². The lowest BCUT2D eigenvalue weighted by molar-refractivity contribution is 0.138. The van der Waals surface area contributed by atoms with Crippen molar-refractivity contribution >= 4 is 33.3 Å². The molecule has 1 fully saturated rings. The molecule has 0 radical (unpaired) electrons. The van der Waals surface area contributed by atoms with E-state index in [1.54, 1.807) is 16.2 Å². The van der Waals surface area contributed by atoms with E-state index in [1.807, 2.05) is 11.9 Å². The SMILES string of the molecule is CN1CCCN(Cc2csc(Br)c2)C1=O. The van der Waals surface area contributed by atoms with Gasteiger partial charge in [-0.05, 0) is 39.4 Å². The predicted octanol–water partition coefficient (Wildman–Crippen LogP) is 2.77. The Bertz CT molecular complexity index is 366. The van der Waals surface area contributed by atoms with E-state index in [1.165, 1.54) is 5.56 Å². The number of hydrogen-bond acceptors (Lipinski definition) is 2. The van der Waals surface area contributed by atoms with Crippen molar-refractivity contribution in [1.29, 1.82) is 0 Å². The smallest absolute Gasteiger partial charge is 0.320 e. The Kier molecular flexibility index (Phi) is 3.31. The van der Waals surface area contributed by atoms with Crippen LogP contribution in [0, 0.1) is 0 Å². The van der Waals surface area contributed by atoms with Gasteiger partial charge in [-0.3, -0.25) is 0 Å². The van der Waals surface area contributed by atoms with Gasteiger partial charge in [0.2, 0.25) is 0 Å². The molecular weight excluding hydrogens is 276 g/mol. The number of hydrogen-bond donors (Lipinski definition) is 0. The lowest BCUT2D eigenvalue weighted by Crippen LogP contribution is -2.46. The highest BCUT2D eigenvalue weighted by Gasteiger charge is 2.22. The molecule has 0 spiro atoms. The summed E-state index contributed by atoms with van der Waals surface area (Å²) >= 11 is 5.09. The van der Waals surface area contributed by atoms with E-state index in [-0.39, 0.29) is 6.03 Å². The Morgan fingerprint density at radius 3 is 3.00 bits per heavy atom. The molecule has 1 aliphatic rings. The normalized spacial score (nSPS) is 17.3. The molecule has 82 valence electrons. The first kappa shape index (κ1) is 11.0. The van der Waals surface area contributed by atoms with E-state index < -0.39 is 0 Å². The first-order valence-electron chi connectivity index (χ1n) is 4.90. The zero-order valence-electron chi connectivity index (χ0n) is 8.57. The zero-order valence-corrected chi connectivity index (χ0v) is 11.0. The van der Waals surface area contributed by atoms with Gasteiger partial charge in [0.15, 0.2) is 0 Å². The number of carbonyl (C=O) groups is 1. The minimum Gasteiger partial charge on any atom is -0.328 e. The predicted molar refractivity (Wildman–Crippen MR) is 65.1 cm³/mol. The van der Waals surface area contributed by atoms with Crippen LogP contribution < -0.4 is 0 Å². The summed E-state index contributed by atoms with van der Waals surface area (Å²) < 4.78 is 1.12. The van der Waals surface area contributed by atoms with Crippen molar-refractivity contribution < 1.29 is 4.79 Å². The molecule has 2 rings (SSSR count). The second kappa shape index (κ2) is 4.53. The summed E-state index contributed by atoms with van der Waals surface area (Å²) in [6.07, 6.45) is 1.06. The van der Waals surface area contributed by atoms with Crippen molar-refractivity contribution in [3.05, 3.63) is 20.8 Å². The molecular formula is C10H13BrN2OS. The molecule has 1 aromatic rings. The molecule has 0 N–H and O–H groups in total. The fraction of sp³-hybridized carbons (Fsp3) is 0.500. The number of urea groups is 1. The molecule has 1 saturated heterocycles. The molecule has 1 aromatic heterocycles. The average molecular weight is 289 g/mol. The van der Waals surface area contributed by atoms with Crippen molar-refractivity contribution in [3.63, 3.8) is 0 Å². The Balaban J connectivity index is 2.02. The number of halogens is 1. The Morgan fingerprint density at radius 2 is 2.33 bits per heavy atom. The van der Waals surface area contributed by atoms with Crippen LogP contribution in [0.3, 0.4) is 0 Å². The van der Waals surface area contributed by atoms with Crippen LogP contribution in [0.4, 0.5) is 4.79 Å². The van der Waals surface area contributed by atoms with Gasteiger partial charge in [-0.25, -0.2) is 4.79 Å². The van der Waals surface area contributed by atoms with Gasteiger partial charge in [0, 0.05) is 26.7 Å². The third-order valence-electron chi connectivity index (χ3n) is 2.51. The van der Waals surface area contributed by atoms with Gasteiger partial charge in [-0.1, -0.05) is 0 Å². The van der Waals surface area contributed by atoms with E-state index in [0.717, 1.165) is 29.8 Å². The molecule has 2 amide bonds. The van der Waals surface area contributed by atoms with Gasteiger partial charge in [0.1, 0.15) is 0 Å². The molecule has 0 atom stereocenters. The summed E-state index contributed by atoms with van der Waals surface area (Å²) in [4.78, 5) is 15.5. The van der Waals surface area contributed by atoms with Gasteiger partial charge in [-0.2, -0.15) is 0 Å². The van der Waals surface area contributed by atoms with Crippen LogP contribution in [0.2, 0.25) is 0 Å². The third kappa shape index (κ3) is 2.52. The Hall–Kier alpha value is -0.550. The van der Waals surface area contributed by atoms with E-state index in [2.05, 4.69) is 27.4 Å². The third-order valence-corrected chi connectivity index (χ3v) is 4.07. The number of carbonyl (C=O) groups excluding carboxylic acids is 1. The highest BCUT2D eigenvalue weighted by molar-refractivity contribution is 9.11. The number of thiophene rings is 1. The topological polar surface area (TPSA) is 23.6 Å². The summed E-state index contributed by atoms with van der Waals surface area (Å²) in [7, 11) is 1.86. The fourth-order valence-corrected chi connectivity index (χ4v) is 2.93. The van der Waals surface area contributed by atoms with Crippen molar-refractivity contribution in [2.24, 2.45) is 0 Å². The maximum atomic E-state index is 11.8. The molecule has 2 heterocycles. The molecule has 0 bridgehead atoms. The highest BCUT2D eigenvalue weighted by atomic mass is 79.9. The van der Waals surface area contributed by atoms with Gasteiger partial charge >= 0.3 is 6.03 Å². The first-order chi connectivity index (χ1) is 7.16. The molecule has 0 unspecified atom stereocenters. The van der Waals surface area contributed by atoms with Crippen LogP contribution in [0.5, 0.6) is 0 Å². The molecule has 3 nitrogen and oxygen atoms in total. The number of nitrogens with zero attached hydrogens (tertiary/aromatic N) is 2. The van der Waals surface area contributed by atoms with Crippen molar-refractivity contribution in [1.82, 2.24) is 9.80 Å². The minimum absolute atomic E-state index is 0.142. The second-order valence-corrected chi connectivity index (χ2v) is 6.03. The lowest BCUT2D eigenvalue weighted by Gasteiger charge is -2.33. The van der Waals surface area contributed by atoms with Crippen LogP contribution in [0.15, 0.2) is 15.2 Å². The van der Waals surface area contributed by atoms with Crippen LogP contribution >= 0.6 is 27.3 Å². The quantitative estimate of drug-likeness (QED) is 0.821. The molecule has 5 heteroatoms. The lowest BCUT2D eigenvalue weighted by atomic mass is 10.2. The summed E-state index contributed by atoms with van der Waals surface area (Å²) in [6.45, 7) is 2.48. The summed E-state index contributed by atoms with van der Waals surface area (Å²) in [5.41, 5.74) is 1.20. The second-order valence-electron chi connectivity index (χ2n) is 3.74. The summed E-state index contributed by atoms with van der Waals surface area (Å²) in [5, 5.41) is 2.09. The fourth-order valence-electron chi connectivity index (χ4n) is 1.73. The number of amides is 2. The van der Waals surface area contributed by atoms with Crippen molar-refractivity contribution in [3.8, 4) is 0 Å². The summed E-state index contributed by atoms with van der Waals surface area (Å²) in [6, 6.07) is 2.22. The number of rotatable bonds is 2. The van der Waals surface area contributed by atoms with Gasteiger partial charge < -0.3 is 9.80 Å². The summed E-state index contributed by atoms with van der Waals surface area (Å²) in [5.74, 6) is 0. The van der Waals surface area contributed by atoms with Gasteiger partial charge in [0.05, 0.1) is 3.79 Å². The van der Waals surface area contributed by atoms with Gasteiger partial charge in [0.25, 0.3) is 0 Å². The van der Waals surface area contributed by atoms with E-state index in [4.69, 9.17) is 0 Å². The van der Waals surface area contributed by atoms with Crippen molar-refractivity contribution in [2.45, 2.75) is 13.0 Å². The highest BCUT2D eigenvalue weighted by Crippen LogP contribution is 2.22. The zero-order chi connectivity index (χ0) is 10.8. The molecule has 0 saturated carbocycles. The van der Waals surface area contributed by atoms with Gasteiger partial charge in [-0.15, -0.1) is 11.3 Å². The van der Waals surface area contributed by atoms with E-state index in [9.17, 15) is 4.79 Å². The van der Waals surface area contributed by atoms with Crippen LogP contribution in [-0.4, -0.2) is 36.0 Å². The first-order valence-corrected chi connectivity index (χ1v) is 6.57. The maximum Gasteiger partial charge on any atom is 0.320 e. The van der Waals surface area contributed by atoms with E-state index in [0.29, 0.717) is 0 Å². The monoisotopic (exact) mass is 288 g/mol.